The fourth-order valence-corrected chi connectivity index (χ4v) is 3.90. The van der Waals surface area contributed by atoms with Crippen LogP contribution < -0.4 is 10.6 Å². The average Bonchev–Trinajstić information content (AvgIpc) is 3.43. The van der Waals surface area contributed by atoms with Crippen molar-refractivity contribution in [1.29, 1.82) is 0 Å². The summed E-state index contributed by atoms with van der Waals surface area (Å²) in [6.07, 6.45) is 2.24. The molecule has 2 unspecified atom stereocenters. The number of benzene rings is 2. The Bertz CT molecular complexity index is 1080. The monoisotopic (exact) mass is 361 g/mol. The second-order valence-corrected chi connectivity index (χ2v) is 6.97. The molecule has 1 fully saturated rings. The van der Waals surface area contributed by atoms with Gasteiger partial charge in [0.1, 0.15) is 11.9 Å². The predicted octanol–water partition coefficient (Wildman–Crippen LogP) is 2.34. The second-order valence-electron chi connectivity index (χ2n) is 6.97. The third kappa shape index (κ3) is 2.60. The summed E-state index contributed by atoms with van der Waals surface area (Å²) in [5.74, 6) is 0.425. The van der Waals surface area contributed by atoms with Crippen molar-refractivity contribution in [2.24, 2.45) is 0 Å². The minimum Gasteiger partial charge on any atom is -0.464 e. The van der Waals surface area contributed by atoms with Crippen LogP contribution in [0.2, 0.25) is 0 Å². The van der Waals surface area contributed by atoms with E-state index in [9.17, 15) is 9.59 Å². The van der Waals surface area contributed by atoms with Crippen LogP contribution in [0.15, 0.2) is 59.4 Å². The molecule has 2 aliphatic rings. The first-order valence-corrected chi connectivity index (χ1v) is 9.26. The number of nitrogens with zero attached hydrogens (tertiary/aromatic N) is 3. The zero-order chi connectivity index (χ0) is 18.4. The highest BCUT2D eigenvalue weighted by atomic mass is 16.5. The molecule has 6 heteroatoms. The van der Waals surface area contributed by atoms with Crippen LogP contribution in [-0.4, -0.2) is 28.3 Å². The first-order valence-electron chi connectivity index (χ1n) is 9.26. The zero-order valence-corrected chi connectivity index (χ0v) is 14.7. The lowest BCUT2D eigenvalue weighted by molar-refractivity contribution is -0.143. The number of carbonyl (C=O) groups excluding carboxylic acids is 1. The van der Waals surface area contributed by atoms with Gasteiger partial charge in [0.2, 0.25) is 0 Å². The minimum absolute atomic E-state index is 0.132. The fourth-order valence-electron chi connectivity index (χ4n) is 3.90. The van der Waals surface area contributed by atoms with Crippen molar-refractivity contribution in [2.75, 3.05) is 11.6 Å². The van der Waals surface area contributed by atoms with Crippen LogP contribution >= 0.6 is 0 Å². The van der Waals surface area contributed by atoms with Crippen LogP contribution in [0, 0.1) is 0 Å². The number of para-hydroxylation sites is 1. The summed E-state index contributed by atoms with van der Waals surface area (Å²) >= 11 is 0. The number of rotatable bonds is 1. The highest BCUT2D eigenvalue weighted by Gasteiger charge is 2.56. The van der Waals surface area contributed by atoms with Gasteiger partial charge in [-0.3, -0.25) is 9.80 Å². The van der Waals surface area contributed by atoms with Crippen molar-refractivity contribution in [1.82, 2.24) is 9.66 Å². The van der Waals surface area contributed by atoms with E-state index in [2.05, 4.69) is 0 Å². The first kappa shape index (κ1) is 16.1. The molecule has 6 nitrogen and oxygen atoms in total. The lowest BCUT2D eigenvalue weighted by atomic mass is 10.1. The summed E-state index contributed by atoms with van der Waals surface area (Å²) in [5.41, 5.74) is 1.56. The Morgan fingerprint density at radius 2 is 1.70 bits per heavy atom. The minimum atomic E-state index is -0.495. The van der Waals surface area contributed by atoms with Crippen LogP contribution in [0.25, 0.3) is 10.9 Å². The van der Waals surface area contributed by atoms with Gasteiger partial charge in [-0.2, -0.15) is 0 Å². The molecule has 1 saturated heterocycles. The van der Waals surface area contributed by atoms with Crippen LogP contribution in [0.5, 0.6) is 0 Å². The van der Waals surface area contributed by atoms with Gasteiger partial charge >= 0.3 is 5.97 Å². The molecular formula is C21H19N3O3. The molecule has 136 valence electrons. The van der Waals surface area contributed by atoms with Crippen molar-refractivity contribution in [3.05, 3.63) is 76.3 Å². The number of cyclic esters (lactones) is 1. The Morgan fingerprint density at radius 1 is 0.926 bits per heavy atom. The highest BCUT2D eigenvalue weighted by molar-refractivity contribution is 5.85. The molecule has 5 rings (SSSR count). The number of aryl methyl sites for hydroxylation is 1. The lowest BCUT2D eigenvalue weighted by Crippen LogP contribution is -2.36. The van der Waals surface area contributed by atoms with E-state index >= 15 is 0 Å². The molecule has 0 spiro atoms. The van der Waals surface area contributed by atoms with Gasteiger partial charge in [0.05, 0.1) is 17.5 Å². The van der Waals surface area contributed by atoms with Gasteiger partial charge in [-0.25, -0.2) is 14.5 Å². The molecule has 3 aromatic rings. The summed E-state index contributed by atoms with van der Waals surface area (Å²) in [7, 11) is 0. The molecular weight excluding hydrogens is 342 g/mol. The van der Waals surface area contributed by atoms with E-state index in [4.69, 9.17) is 9.72 Å². The van der Waals surface area contributed by atoms with Crippen molar-refractivity contribution >= 4 is 16.9 Å². The van der Waals surface area contributed by atoms with E-state index in [-0.39, 0.29) is 17.6 Å². The Hall–Kier alpha value is -3.15. The maximum Gasteiger partial charge on any atom is 0.333 e. The van der Waals surface area contributed by atoms with Crippen LogP contribution in [0.4, 0.5) is 0 Å². The highest BCUT2D eigenvalue weighted by Crippen LogP contribution is 2.42. The number of fused-ring (bicyclic) bond motifs is 4. The van der Waals surface area contributed by atoms with Gasteiger partial charge in [0.25, 0.3) is 5.56 Å². The number of hydrogen-bond donors (Lipinski definition) is 0. The number of aromatic nitrogens is 2. The summed E-state index contributed by atoms with van der Waals surface area (Å²) < 4.78 is 7.06. The predicted molar refractivity (Wildman–Crippen MR) is 101 cm³/mol. The van der Waals surface area contributed by atoms with E-state index < -0.39 is 6.04 Å². The van der Waals surface area contributed by atoms with E-state index in [1.165, 1.54) is 0 Å². The first-order chi connectivity index (χ1) is 13.3. The molecule has 2 atom stereocenters. The lowest BCUT2D eigenvalue weighted by Gasteiger charge is -2.17. The van der Waals surface area contributed by atoms with E-state index in [1.54, 1.807) is 10.7 Å². The molecule has 2 aliphatic heterocycles. The number of hydrogen-bond acceptors (Lipinski definition) is 5. The smallest absolute Gasteiger partial charge is 0.333 e. The molecule has 0 bridgehead atoms. The third-order valence-electron chi connectivity index (χ3n) is 5.25. The van der Waals surface area contributed by atoms with Crippen LogP contribution in [0.1, 0.15) is 30.3 Å². The molecule has 0 amide bonds. The maximum atomic E-state index is 13.3. The molecule has 1 aromatic heterocycles. The van der Waals surface area contributed by atoms with Gasteiger partial charge in [-0.15, -0.1) is 0 Å². The zero-order valence-electron chi connectivity index (χ0n) is 14.7. The standard InChI is InChI=1S/C21H19N3O3/c25-20-15-10-4-5-11-16(15)22-17-12-6-7-13-27-21(26)19-18(24(19)23(17)20)14-8-2-1-3-9-14/h1-5,8-11,18-19H,6-7,12-13H2. The van der Waals surface area contributed by atoms with Gasteiger partial charge in [0.15, 0.2) is 6.04 Å². The van der Waals surface area contributed by atoms with Gasteiger partial charge in [0, 0.05) is 6.42 Å². The van der Waals surface area contributed by atoms with Gasteiger partial charge in [-0.05, 0) is 30.5 Å². The van der Waals surface area contributed by atoms with E-state index in [1.807, 2.05) is 53.5 Å². The Morgan fingerprint density at radius 3 is 2.56 bits per heavy atom. The SMILES string of the molecule is O=C1OCCCCc2nc3ccccc3c(=O)n2N2C1C2c1ccccc1. The summed E-state index contributed by atoms with van der Waals surface area (Å²) in [6.45, 7) is 0.405. The van der Waals surface area contributed by atoms with Crippen molar-refractivity contribution in [3.8, 4) is 0 Å². The average molecular weight is 361 g/mol. The number of ether oxygens (including phenoxy) is 1. The number of carbonyl (C=O) groups is 1. The van der Waals surface area contributed by atoms with Crippen molar-refractivity contribution in [3.63, 3.8) is 0 Å². The summed E-state index contributed by atoms with van der Waals surface area (Å²) in [4.78, 5) is 30.7. The molecule has 0 radical (unpaired) electrons. The Balaban J connectivity index is 1.71. The molecule has 0 N–H and O–H groups in total. The van der Waals surface area contributed by atoms with Crippen molar-refractivity contribution < 1.29 is 9.53 Å². The Labute approximate surface area is 156 Å². The molecule has 27 heavy (non-hydrogen) atoms. The van der Waals surface area contributed by atoms with Gasteiger partial charge in [-0.1, -0.05) is 42.5 Å². The second kappa shape index (κ2) is 6.23. The maximum absolute atomic E-state index is 13.3. The molecule has 0 saturated carbocycles. The molecule has 0 aliphatic carbocycles. The third-order valence-corrected chi connectivity index (χ3v) is 5.25. The van der Waals surface area contributed by atoms with Gasteiger partial charge < -0.3 is 4.74 Å². The van der Waals surface area contributed by atoms with Crippen molar-refractivity contribution in [2.45, 2.75) is 31.3 Å². The van der Waals surface area contributed by atoms with Crippen LogP contribution in [-0.2, 0) is 16.0 Å². The number of esters is 1. The normalized spacial score (nSPS) is 21.9. The van der Waals surface area contributed by atoms with Crippen LogP contribution in [0.3, 0.4) is 0 Å². The Kier molecular flexibility index (Phi) is 3.70. The van der Waals surface area contributed by atoms with E-state index in [0.29, 0.717) is 29.8 Å². The summed E-state index contributed by atoms with van der Waals surface area (Å²) in [5, 5.41) is 2.38. The fraction of sp³-hybridized carbons (Fsp3) is 0.286. The molecule has 3 heterocycles. The molecule has 2 aromatic carbocycles. The van der Waals surface area contributed by atoms with E-state index in [0.717, 1.165) is 18.4 Å². The quantitative estimate of drug-likeness (QED) is 0.492. The topological polar surface area (TPSA) is 64.2 Å². The largest absolute Gasteiger partial charge is 0.464 e. The summed E-state index contributed by atoms with van der Waals surface area (Å²) in [6, 6.07) is 16.4.